The summed E-state index contributed by atoms with van der Waals surface area (Å²) in [5.41, 5.74) is 6.23. The molecule has 1 rings (SSSR count). The van der Waals surface area contributed by atoms with Crippen molar-refractivity contribution in [1.82, 2.24) is 0 Å². The second-order valence-electron chi connectivity index (χ2n) is 15.1. The average Bonchev–Trinajstić information content (AvgIpc) is 3.07. The number of hydrogen-bond donors (Lipinski definition) is 0. The van der Waals surface area contributed by atoms with Gasteiger partial charge in [0.2, 0.25) is 0 Å². The van der Waals surface area contributed by atoms with Crippen LogP contribution in [0.5, 0.6) is 0 Å². The molecule has 0 saturated carbocycles. The van der Waals surface area contributed by atoms with Crippen molar-refractivity contribution >= 4 is 0 Å². The van der Waals surface area contributed by atoms with E-state index in [0.29, 0.717) is 0 Å². The largest absolute Gasteiger partial charge is 0.0654 e. The van der Waals surface area contributed by atoms with Crippen LogP contribution >= 0.6 is 0 Å². The zero-order chi connectivity index (χ0) is 33.2. The van der Waals surface area contributed by atoms with Crippen LogP contribution in [0.4, 0.5) is 0 Å². The first kappa shape index (κ1) is 43.2. The highest BCUT2D eigenvalue weighted by atomic mass is 14.2. The summed E-state index contributed by atoms with van der Waals surface area (Å²) in [6.07, 6.45) is 49.9. The Morgan fingerprint density at radius 1 is 0.217 bits per heavy atom. The van der Waals surface area contributed by atoms with Crippen LogP contribution in [0.25, 0.3) is 0 Å². The number of aryl methyl sites for hydroxylation is 4. The molecule has 46 heavy (non-hydrogen) atoms. The van der Waals surface area contributed by atoms with E-state index >= 15 is 0 Å². The quantitative estimate of drug-likeness (QED) is 0.0643. The molecule has 0 fully saturated rings. The van der Waals surface area contributed by atoms with Crippen molar-refractivity contribution in [2.24, 2.45) is 0 Å². The molecule has 0 aliphatic carbocycles. The molecule has 0 amide bonds. The van der Waals surface area contributed by atoms with Gasteiger partial charge in [-0.25, -0.2) is 0 Å². The number of benzene rings is 1. The normalized spacial score (nSPS) is 11.6. The van der Waals surface area contributed by atoms with Crippen LogP contribution in [0.1, 0.15) is 255 Å². The van der Waals surface area contributed by atoms with Gasteiger partial charge < -0.3 is 0 Å². The predicted octanol–water partition coefficient (Wildman–Crippen LogP) is 16.0. The van der Waals surface area contributed by atoms with Crippen molar-refractivity contribution in [2.75, 3.05) is 0 Å². The van der Waals surface area contributed by atoms with Crippen LogP contribution in [0.2, 0.25) is 0 Å². The number of hydrogen-bond acceptors (Lipinski definition) is 0. The summed E-state index contributed by atoms with van der Waals surface area (Å²) in [6, 6.07) is 8.28. The molecule has 0 saturated heterocycles. The zero-order valence-corrected chi connectivity index (χ0v) is 32.5. The van der Waals surface area contributed by atoms with Gasteiger partial charge in [-0.2, -0.15) is 0 Å². The van der Waals surface area contributed by atoms with Crippen LogP contribution in [0, 0.1) is 12.1 Å². The molecule has 0 aliphatic heterocycles. The number of rotatable bonds is 36. The standard InChI is InChI=1S/C46H84/c1-5-9-13-17-21-25-29-33-37-43-41-45(39-35-31-27-23-19-15-11-7-3)46(40-36-32-28-24-20-16-12-8-4)42-44(43)38-34-30-26-22-18-14-10-6-2/h5-40H2,1-4H3. The van der Waals surface area contributed by atoms with Gasteiger partial charge in [0, 0.05) is 0 Å². The highest BCUT2D eigenvalue weighted by molar-refractivity contribution is 5.37. The Hall–Kier alpha value is -0.780. The van der Waals surface area contributed by atoms with Crippen molar-refractivity contribution in [2.45, 2.75) is 259 Å². The van der Waals surface area contributed by atoms with E-state index in [0.717, 1.165) is 0 Å². The maximum atomic E-state index is 4.14. The lowest BCUT2D eigenvalue weighted by molar-refractivity contribution is 0.567. The molecule has 0 unspecified atom stereocenters. The van der Waals surface area contributed by atoms with Crippen molar-refractivity contribution in [3.8, 4) is 0 Å². The van der Waals surface area contributed by atoms with Gasteiger partial charge in [0.25, 0.3) is 0 Å². The third kappa shape index (κ3) is 25.3. The molecule has 1 aromatic rings. The second kappa shape index (κ2) is 34.1. The van der Waals surface area contributed by atoms with Gasteiger partial charge >= 0.3 is 0 Å². The topological polar surface area (TPSA) is 0 Å². The molecule has 0 spiro atoms. The summed E-state index contributed by atoms with van der Waals surface area (Å²) in [4.78, 5) is 0. The van der Waals surface area contributed by atoms with E-state index in [9.17, 15) is 0 Å². The third-order valence-electron chi connectivity index (χ3n) is 10.5. The predicted molar refractivity (Wildman–Crippen MR) is 209 cm³/mol. The molecule has 0 nitrogen and oxygen atoms in total. The maximum Gasteiger partial charge on any atom is -0.0108 e. The van der Waals surface area contributed by atoms with Crippen molar-refractivity contribution in [1.29, 1.82) is 0 Å². The van der Waals surface area contributed by atoms with E-state index in [-0.39, 0.29) is 0 Å². The molecule has 0 atom stereocenters. The Morgan fingerprint density at radius 2 is 0.370 bits per heavy atom. The fourth-order valence-electron chi connectivity index (χ4n) is 7.26. The molecule has 0 aromatic heterocycles. The summed E-state index contributed by atoms with van der Waals surface area (Å²) in [5.74, 6) is 0. The fraction of sp³-hybridized carbons (Fsp3) is 0.870. The third-order valence-corrected chi connectivity index (χ3v) is 10.5. The van der Waals surface area contributed by atoms with E-state index in [1.165, 1.54) is 231 Å². The van der Waals surface area contributed by atoms with Crippen LogP contribution in [-0.2, 0) is 25.7 Å². The van der Waals surface area contributed by atoms with E-state index in [4.69, 9.17) is 0 Å². The van der Waals surface area contributed by atoms with Crippen molar-refractivity contribution in [3.05, 3.63) is 34.4 Å². The van der Waals surface area contributed by atoms with E-state index < -0.39 is 0 Å². The summed E-state index contributed by atoms with van der Waals surface area (Å²) in [5, 5.41) is 0. The summed E-state index contributed by atoms with van der Waals surface area (Å²) in [7, 11) is 0. The van der Waals surface area contributed by atoms with Crippen LogP contribution in [0.15, 0.2) is 0 Å². The van der Waals surface area contributed by atoms with Crippen molar-refractivity contribution in [3.63, 3.8) is 0 Å². The Bertz CT molecular complexity index is 622. The molecule has 0 heterocycles. The molecule has 1 aromatic carbocycles. The smallest absolute Gasteiger partial charge is 0.0108 e. The molecule has 0 heteroatoms. The first-order valence-corrected chi connectivity index (χ1v) is 21.7. The molecular formula is C46H84. The van der Waals surface area contributed by atoms with Gasteiger partial charge in [-0.1, -0.05) is 207 Å². The summed E-state index contributed by atoms with van der Waals surface area (Å²) in [6.45, 7) is 9.29. The zero-order valence-electron chi connectivity index (χ0n) is 32.5. The van der Waals surface area contributed by atoms with Gasteiger partial charge in [-0.3, -0.25) is 0 Å². The van der Waals surface area contributed by atoms with Gasteiger partial charge in [0.05, 0.1) is 0 Å². The van der Waals surface area contributed by atoms with Crippen molar-refractivity contribution < 1.29 is 0 Å². The molecule has 0 N–H and O–H groups in total. The number of unbranched alkanes of at least 4 members (excludes halogenated alkanes) is 28. The molecule has 268 valence electrons. The lowest BCUT2D eigenvalue weighted by atomic mass is 9.88. The van der Waals surface area contributed by atoms with Crippen LogP contribution in [0.3, 0.4) is 0 Å². The first-order valence-electron chi connectivity index (χ1n) is 21.7. The SMILES string of the molecule is CCCCCCCCCCc1[c]c(CCCCCCCCCC)c(CCCCCCCCCC)[c]c1CCCCCCCCCC. The van der Waals surface area contributed by atoms with E-state index in [1.807, 2.05) is 0 Å². The van der Waals surface area contributed by atoms with Gasteiger partial charge in [0.15, 0.2) is 0 Å². The Balaban J connectivity index is 2.82. The maximum absolute atomic E-state index is 4.14. The lowest BCUT2D eigenvalue weighted by Crippen LogP contribution is -2.05. The Kier molecular flexibility index (Phi) is 32.1. The molecular weight excluding hydrogens is 553 g/mol. The monoisotopic (exact) mass is 637 g/mol. The summed E-state index contributed by atoms with van der Waals surface area (Å²) < 4.78 is 0. The van der Waals surface area contributed by atoms with Crippen LogP contribution in [-0.4, -0.2) is 0 Å². The highest BCUT2D eigenvalue weighted by Gasteiger charge is 2.12. The van der Waals surface area contributed by atoms with Crippen LogP contribution < -0.4 is 0 Å². The minimum atomic E-state index is 1.24. The van der Waals surface area contributed by atoms with Gasteiger partial charge in [-0.15, -0.1) is 0 Å². The Morgan fingerprint density at radius 3 is 0.543 bits per heavy atom. The lowest BCUT2D eigenvalue weighted by Gasteiger charge is -2.17. The minimum absolute atomic E-state index is 1.24. The average molecular weight is 637 g/mol. The van der Waals surface area contributed by atoms with E-state index in [2.05, 4.69) is 39.8 Å². The minimum Gasteiger partial charge on any atom is -0.0654 e. The van der Waals surface area contributed by atoms with Gasteiger partial charge in [-0.05, 0) is 85.8 Å². The van der Waals surface area contributed by atoms with E-state index in [1.54, 1.807) is 22.3 Å². The van der Waals surface area contributed by atoms with Gasteiger partial charge in [0.1, 0.15) is 0 Å². The second-order valence-corrected chi connectivity index (χ2v) is 15.1. The Labute approximate surface area is 292 Å². The molecule has 0 bridgehead atoms. The molecule has 0 aliphatic rings. The first-order chi connectivity index (χ1) is 22.8. The highest BCUT2D eigenvalue weighted by Crippen LogP contribution is 2.25. The molecule has 2 radical (unpaired) electrons. The summed E-state index contributed by atoms with van der Waals surface area (Å²) >= 11 is 0. The fourth-order valence-corrected chi connectivity index (χ4v) is 7.26.